The third-order valence-electron chi connectivity index (χ3n) is 1.11. The average molecular weight is 142 g/mol. The van der Waals surface area contributed by atoms with Crippen molar-refractivity contribution in [3.63, 3.8) is 0 Å². The van der Waals surface area contributed by atoms with Gasteiger partial charge in [0, 0.05) is 12.2 Å². The minimum absolute atomic E-state index is 0.0989. The summed E-state index contributed by atoms with van der Waals surface area (Å²) >= 11 is 0. The molecule has 0 saturated heterocycles. The summed E-state index contributed by atoms with van der Waals surface area (Å²) < 4.78 is 0. The highest BCUT2D eigenvalue weighted by Crippen LogP contribution is 1.96. The highest BCUT2D eigenvalue weighted by atomic mass is 16.3. The fraction of sp³-hybridized carbons (Fsp3) is 0.571. The monoisotopic (exact) mass is 142 g/mol. The van der Waals surface area contributed by atoms with Gasteiger partial charge in [0.1, 0.15) is 0 Å². The third-order valence-corrected chi connectivity index (χ3v) is 1.11. The number of hydrogen-bond donors (Lipinski definition) is 2. The zero-order valence-corrected chi connectivity index (χ0v) is 6.68. The zero-order chi connectivity index (χ0) is 8.15. The van der Waals surface area contributed by atoms with E-state index in [9.17, 15) is 0 Å². The predicted molar refractivity (Wildman–Crippen MR) is 43.2 cm³/mol. The Bertz CT molecular complexity index is 166. The van der Waals surface area contributed by atoms with E-state index in [0.717, 1.165) is 0 Å². The first-order chi connectivity index (χ1) is 4.59. The normalized spacial score (nSPS) is 14.9. The fourth-order valence-corrected chi connectivity index (χ4v) is 0.597. The van der Waals surface area contributed by atoms with Crippen LogP contribution in [-0.2, 0) is 0 Å². The molecule has 0 unspecified atom stereocenters. The van der Waals surface area contributed by atoms with Gasteiger partial charge in [0.25, 0.3) is 0 Å². The molecule has 0 aromatic heterocycles. The first kappa shape index (κ1) is 9.01. The second-order valence-corrected chi connectivity index (χ2v) is 2.09. The van der Waals surface area contributed by atoms with Gasteiger partial charge in [-0.3, -0.25) is 4.99 Å². The maximum atomic E-state index is 9.15. The number of aliphatic hydroxyl groups excluding tert-OH is 1. The lowest BCUT2D eigenvalue weighted by molar-refractivity contribution is 0.434. The summed E-state index contributed by atoms with van der Waals surface area (Å²) in [6, 6.07) is 0. The summed E-state index contributed by atoms with van der Waals surface area (Å²) in [5, 5.41) is 9.15. The van der Waals surface area contributed by atoms with Crippen LogP contribution < -0.4 is 5.73 Å². The Labute approximate surface area is 61.3 Å². The number of hydrogen-bond acceptors (Lipinski definition) is 3. The molecule has 0 aromatic carbocycles. The van der Waals surface area contributed by atoms with Crippen molar-refractivity contribution >= 4 is 5.71 Å². The van der Waals surface area contributed by atoms with Gasteiger partial charge in [0.2, 0.25) is 0 Å². The Morgan fingerprint density at radius 1 is 1.50 bits per heavy atom. The van der Waals surface area contributed by atoms with Crippen molar-refractivity contribution in [3.05, 3.63) is 11.5 Å². The maximum Gasteiger partial charge on any atom is 0.154 e. The second kappa shape index (κ2) is 3.93. The van der Waals surface area contributed by atoms with Crippen LogP contribution in [0, 0.1) is 0 Å². The summed E-state index contributed by atoms with van der Waals surface area (Å²) in [4.78, 5) is 3.97. The number of aliphatic hydroxyl groups is 1. The Hall–Kier alpha value is -0.990. The molecule has 0 heterocycles. The maximum absolute atomic E-state index is 9.15. The van der Waals surface area contributed by atoms with Gasteiger partial charge in [0.05, 0.1) is 5.71 Å². The summed E-state index contributed by atoms with van der Waals surface area (Å²) in [6.07, 6.45) is 0. The van der Waals surface area contributed by atoms with Gasteiger partial charge in [-0.2, -0.15) is 0 Å². The van der Waals surface area contributed by atoms with Crippen molar-refractivity contribution in [1.29, 1.82) is 0 Å². The molecule has 10 heavy (non-hydrogen) atoms. The number of nitrogens with two attached hydrogens (primary N) is 1. The van der Waals surface area contributed by atoms with Gasteiger partial charge < -0.3 is 10.8 Å². The molecule has 0 atom stereocenters. The number of rotatable bonds is 2. The molecule has 58 valence electrons. The molecule has 0 aliphatic heterocycles. The summed E-state index contributed by atoms with van der Waals surface area (Å²) in [7, 11) is 0. The highest BCUT2D eigenvalue weighted by molar-refractivity contribution is 5.96. The van der Waals surface area contributed by atoms with E-state index in [2.05, 4.69) is 4.99 Å². The molecule has 0 aliphatic carbocycles. The van der Waals surface area contributed by atoms with E-state index in [0.29, 0.717) is 18.0 Å². The van der Waals surface area contributed by atoms with Crippen LogP contribution in [0.15, 0.2) is 16.4 Å². The summed E-state index contributed by atoms with van der Waals surface area (Å²) in [5.41, 5.74) is 6.33. The van der Waals surface area contributed by atoms with Gasteiger partial charge in [-0.05, 0) is 20.8 Å². The van der Waals surface area contributed by atoms with Crippen LogP contribution in [0.25, 0.3) is 0 Å². The molecular formula is C7H14N2O. The van der Waals surface area contributed by atoms with Crippen LogP contribution in [0.1, 0.15) is 20.8 Å². The van der Waals surface area contributed by atoms with Crippen LogP contribution in [-0.4, -0.2) is 17.4 Å². The van der Waals surface area contributed by atoms with Crippen LogP contribution in [0.2, 0.25) is 0 Å². The Morgan fingerprint density at radius 3 is 2.30 bits per heavy atom. The molecule has 0 bridgehead atoms. The smallest absolute Gasteiger partial charge is 0.154 e. The lowest BCUT2D eigenvalue weighted by Crippen LogP contribution is -2.05. The van der Waals surface area contributed by atoms with Gasteiger partial charge in [-0.1, -0.05) is 0 Å². The largest absolute Gasteiger partial charge is 0.504 e. The zero-order valence-electron chi connectivity index (χ0n) is 6.68. The summed E-state index contributed by atoms with van der Waals surface area (Å²) in [5.74, 6) is 0.0989. The molecule has 0 spiro atoms. The van der Waals surface area contributed by atoms with E-state index in [4.69, 9.17) is 10.8 Å². The van der Waals surface area contributed by atoms with Crippen molar-refractivity contribution < 1.29 is 5.11 Å². The first-order valence-electron chi connectivity index (χ1n) is 3.26. The molecule has 0 aromatic rings. The molecule has 0 radical (unpaired) electrons. The number of allylic oxidation sites excluding steroid dienone is 2. The summed E-state index contributed by atoms with van der Waals surface area (Å²) in [6.45, 7) is 5.95. The standard InChI is InChI=1S/C7H14N2O/c1-4-9-6(3)7(10)5(2)8/h10H,4,8H2,1-3H3. The third kappa shape index (κ3) is 2.53. The van der Waals surface area contributed by atoms with E-state index in [1.807, 2.05) is 6.92 Å². The molecular weight excluding hydrogens is 128 g/mol. The Balaban J connectivity index is 4.36. The van der Waals surface area contributed by atoms with Crippen molar-refractivity contribution in [3.8, 4) is 0 Å². The minimum Gasteiger partial charge on any atom is -0.504 e. The Morgan fingerprint density at radius 2 is 2.00 bits per heavy atom. The quantitative estimate of drug-likeness (QED) is 0.450. The van der Waals surface area contributed by atoms with Crippen molar-refractivity contribution in [1.82, 2.24) is 0 Å². The van der Waals surface area contributed by atoms with Crippen molar-refractivity contribution in [2.45, 2.75) is 20.8 Å². The van der Waals surface area contributed by atoms with Crippen molar-refractivity contribution in [2.24, 2.45) is 10.7 Å². The number of nitrogens with zero attached hydrogens (tertiary/aromatic N) is 1. The van der Waals surface area contributed by atoms with E-state index >= 15 is 0 Å². The minimum atomic E-state index is 0.0989. The fourth-order valence-electron chi connectivity index (χ4n) is 0.597. The molecule has 3 N–H and O–H groups in total. The first-order valence-corrected chi connectivity index (χ1v) is 3.26. The number of aliphatic imine (C=N–C) groups is 1. The van der Waals surface area contributed by atoms with E-state index < -0.39 is 0 Å². The molecule has 0 saturated carbocycles. The van der Waals surface area contributed by atoms with E-state index in [-0.39, 0.29) is 5.76 Å². The Kier molecular flexibility index (Phi) is 3.54. The van der Waals surface area contributed by atoms with Crippen LogP contribution >= 0.6 is 0 Å². The van der Waals surface area contributed by atoms with Crippen LogP contribution in [0.5, 0.6) is 0 Å². The SMILES string of the molecule is CCN=C(C)C(O)=C(C)N. The molecule has 0 fully saturated rings. The molecule has 3 heteroatoms. The lowest BCUT2D eigenvalue weighted by Gasteiger charge is -1.99. The highest BCUT2D eigenvalue weighted by Gasteiger charge is 1.98. The molecule has 3 nitrogen and oxygen atoms in total. The van der Waals surface area contributed by atoms with E-state index in [1.54, 1.807) is 13.8 Å². The molecule has 0 rings (SSSR count). The van der Waals surface area contributed by atoms with Gasteiger partial charge in [-0.25, -0.2) is 0 Å². The lowest BCUT2D eigenvalue weighted by atomic mass is 10.3. The van der Waals surface area contributed by atoms with Gasteiger partial charge in [0.15, 0.2) is 5.76 Å². The molecule has 0 aliphatic rings. The molecule has 0 amide bonds. The van der Waals surface area contributed by atoms with Gasteiger partial charge in [-0.15, -0.1) is 0 Å². The topological polar surface area (TPSA) is 58.6 Å². The average Bonchev–Trinajstić information content (AvgIpc) is 1.87. The van der Waals surface area contributed by atoms with Crippen LogP contribution in [0.4, 0.5) is 0 Å². The van der Waals surface area contributed by atoms with E-state index in [1.165, 1.54) is 0 Å². The van der Waals surface area contributed by atoms with Crippen molar-refractivity contribution in [2.75, 3.05) is 6.54 Å². The second-order valence-electron chi connectivity index (χ2n) is 2.09. The van der Waals surface area contributed by atoms with Gasteiger partial charge >= 0.3 is 0 Å². The predicted octanol–water partition coefficient (Wildman–Crippen LogP) is 1.22. The van der Waals surface area contributed by atoms with Crippen LogP contribution in [0.3, 0.4) is 0 Å².